The molecule has 2 N–H and O–H groups in total. The van der Waals surface area contributed by atoms with Crippen LogP contribution in [0.25, 0.3) is 0 Å². The van der Waals surface area contributed by atoms with Crippen molar-refractivity contribution in [2.75, 3.05) is 24.8 Å². The zero-order valence-electron chi connectivity index (χ0n) is 18.8. The van der Waals surface area contributed by atoms with Gasteiger partial charge in [0.05, 0.1) is 12.3 Å². The van der Waals surface area contributed by atoms with Crippen LogP contribution in [0.2, 0.25) is 0 Å². The molecule has 0 radical (unpaired) electrons. The van der Waals surface area contributed by atoms with Crippen molar-refractivity contribution in [2.24, 2.45) is 0 Å². The number of piperidine rings is 1. The van der Waals surface area contributed by atoms with Gasteiger partial charge in [0.2, 0.25) is 5.13 Å². The normalized spacial score (nSPS) is 21.8. The maximum Gasteiger partial charge on any atom is 0.208 e. The van der Waals surface area contributed by atoms with Gasteiger partial charge in [-0.2, -0.15) is 4.37 Å². The van der Waals surface area contributed by atoms with Crippen LogP contribution in [0.5, 0.6) is 11.5 Å². The van der Waals surface area contributed by atoms with Crippen LogP contribution >= 0.6 is 23.3 Å². The predicted octanol–water partition coefficient (Wildman–Crippen LogP) is 4.91. The van der Waals surface area contributed by atoms with Gasteiger partial charge >= 0.3 is 0 Å². The standard InChI is InChI=1S/C23H28N6O2S2/c1-14-19(4-3-7-24-14)31-20-12-18(32-9-8-30-2)13-25-22(20)28-23-27-21(29-33-23)15-10-16-5-6-17(11-15)26-16/h3-4,7,12-13,15-17,26H,5-6,8-11H2,1-2H3,(H,25,27,28,29). The van der Waals surface area contributed by atoms with Crippen LogP contribution in [0, 0.1) is 6.92 Å². The first kappa shape index (κ1) is 22.5. The molecule has 2 aliphatic rings. The fraction of sp³-hybridized carbons (Fsp3) is 0.478. The van der Waals surface area contributed by atoms with Crippen molar-refractivity contribution in [3.05, 3.63) is 42.1 Å². The molecule has 5 rings (SSSR count). The molecule has 2 aliphatic heterocycles. The topological polar surface area (TPSA) is 94.1 Å². The van der Waals surface area contributed by atoms with E-state index in [0.29, 0.717) is 41.9 Å². The number of aryl methyl sites for hydroxylation is 1. The lowest BCUT2D eigenvalue weighted by Crippen LogP contribution is -2.37. The number of aromatic nitrogens is 4. The van der Waals surface area contributed by atoms with Crippen molar-refractivity contribution < 1.29 is 9.47 Å². The fourth-order valence-corrected chi connectivity index (χ4v) is 5.89. The van der Waals surface area contributed by atoms with Gasteiger partial charge in [-0.1, -0.05) is 0 Å². The third kappa shape index (κ3) is 5.46. The number of hydrogen-bond acceptors (Lipinski definition) is 10. The molecule has 8 nitrogen and oxygen atoms in total. The number of nitrogens with one attached hydrogen (secondary N) is 2. The number of nitrogens with zero attached hydrogens (tertiary/aromatic N) is 4. The minimum absolute atomic E-state index is 0.428. The van der Waals surface area contributed by atoms with Crippen molar-refractivity contribution in [1.82, 2.24) is 24.6 Å². The highest BCUT2D eigenvalue weighted by Gasteiger charge is 2.35. The van der Waals surface area contributed by atoms with E-state index in [1.165, 1.54) is 24.4 Å². The van der Waals surface area contributed by atoms with Crippen LogP contribution in [0.15, 0.2) is 35.5 Å². The molecule has 0 aromatic carbocycles. The Bertz CT molecular complexity index is 1080. The molecular weight excluding hydrogens is 456 g/mol. The highest BCUT2D eigenvalue weighted by Crippen LogP contribution is 2.38. The van der Waals surface area contributed by atoms with Gasteiger partial charge in [0.1, 0.15) is 11.6 Å². The molecule has 174 valence electrons. The Labute approximate surface area is 202 Å². The van der Waals surface area contributed by atoms with Crippen LogP contribution in [0.1, 0.15) is 43.1 Å². The van der Waals surface area contributed by atoms with E-state index in [2.05, 4.69) is 25.0 Å². The number of hydrogen-bond donors (Lipinski definition) is 2. The predicted molar refractivity (Wildman–Crippen MR) is 131 cm³/mol. The molecule has 2 atom stereocenters. The van der Waals surface area contributed by atoms with Crippen molar-refractivity contribution in [3.63, 3.8) is 0 Å². The second-order valence-electron chi connectivity index (χ2n) is 8.44. The Morgan fingerprint density at radius 2 is 2.06 bits per heavy atom. The first-order chi connectivity index (χ1) is 16.2. The summed E-state index contributed by atoms with van der Waals surface area (Å²) in [6.07, 6.45) is 8.37. The number of ether oxygens (including phenoxy) is 2. The maximum atomic E-state index is 6.24. The highest BCUT2D eigenvalue weighted by molar-refractivity contribution is 7.99. The first-order valence-electron chi connectivity index (χ1n) is 11.3. The van der Waals surface area contributed by atoms with Gasteiger partial charge in [0.15, 0.2) is 11.6 Å². The molecule has 5 heterocycles. The molecule has 0 saturated carbocycles. The summed E-state index contributed by atoms with van der Waals surface area (Å²) in [5.41, 5.74) is 0.819. The summed E-state index contributed by atoms with van der Waals surface area (Å²) in [6, 6.07) is 6.99. The van der Waals surface area contributed by atoms with E-state index in [1.54, 1.807) is 25.1 Å². The van der Waals surface area contributed by atoms with E-state index < -0.39 is 0 Å². The molecule has 0 spiro atoms. The summed E-state index contributed by atoms with van der Waals surface area (Å²) in [4.78, 5) is 14.8. The van der Waals surface area contributed by atoms with Crippen molar-refractivity contribution >= 4 is 34.2 Å². The monoisotopic (exact) mass is 484 g/mol. The van der Waals surface area contributed by atoms with E-state index in [9.17, 15) is 0 Å². The molecule has 10 heteroatoms. The lowest BCUT2D eigenvalue weighted by atomic mass is 9.92. The minimum Gasteiger partial charge on any atom is -0.452 e. The zero-order chi connectivity index (χ0) is 22.6. The van der Waals surface area contributed by atoms with Gasteiger partial charge in [-0.05, 0) is 50.8 Å². The highest BCUT2D eigenvalue weighted by atomic mass is 32.2. The van der Waals surface area contributed by atoms with Gasteiger partial charge in [0.25, 0.3) is 0 Å². The molecule has 3 aromatic rings. The summed E-state index contributed by atoms with van der Waals surface area (Å²) < 4.78 is 16.1. The molecule has 2 bridgehead atoms. The third-order valence-electron chi connectivity index (χ3n) is 6.07. The number of rotatable bonds is 9. The van der Waals surface area contributed by atoms with E-state index in [0.717, 1.165) is 40.1 Å². The van der Waals surface area contributed by atoms with E-state index in [4.69, 9.17) is 14.5 Å². The smallest absolute Gasteiger partial charge is 0.208 e. The molecule has 0 amide bonds. The largest absolute Gasteiger partial charge is 0.452 e. The Balaban J connectivity index is 1.35. The summed E-state index contributed by atoms with van der Waals surface area (Å²) >= 11 is 3.05. The van der Waals surface area contributed by atoms with Crippen LogP contribution in [0.3, 0.4) is 0 Å². The quantitative estimate of drug-likeness (QED) is 0.324. The lowest BCUT2D eigenvalue weighted by molar-refractivity contribution is 0.218. The Hall–Kier alpha value is -2.27. The van der Waals surface area contributed by atoms with Crippen molar-refractivity contribution in [2.45, 2.75) is 55.5 Å². The van der Waals surface area contributed by atoms with E-state index in [-0.39, 0.29) is 0 Å². The average Bonchev–Trinajstić information content (AvgIpc) is 3.43. The molecule has 2 saturated heterocycles. The average molecular weight is 485 g/mol. The SMILES string of the molecule is COCCSc1cnc(Nc2nc(C3CC4CCC(C3)N4)ns2)c(Oc2cccnc2C)c1. The number of anilines is 2. The van der Waals surface area contributed by atoms with Crippen molar-refractivity contribution in [1.29, 1.82) is 0 Å². The van der Waals surface area contributed by atoms with Gasteiger partial charge in [-0.3, -0.25) is 4.98 Å². The second kappa shape index (κ2) is 10.3. The third-order valence-corrected chi connectivity index (χ3v) is 7.64. The van der Waals surface area contributed by atoms with Crippen LogP contribution < -0.4 is 15.4 Å². The van der Waals surface area contributed by atoms with Crippen LogP contribution in [0.4, 0.5) is 10.9 Å². The molecule has 33 heavy (non-hydrogen) atoms. The summed E-state index contributed by atoms with van der Waals surface area (Å²) in [6.45, 7) is 2.60. The first-order valence-corrected chi connectivity index (χ1v) is 13.0. The number of methoxy groups -OCH3 is 1. The second-order valence-corrected chi connectivity index (χ2v) is 10.4. The summed E-state index contributed by atoms with van der Waals surface area (Å²) in [5, 5.41) is 7.76. The van der Waals surface area contributed by atoms with Gasteiger partial charge in [-0.25, -0.2) is 9.97 Å². The number of thioether (sulfide) groups is 1. The molecule has 2 fully saturated rings. The zero-order valence-corrected chi connectivity index (χ0v) is 20.4. The Morgan fingerprint density at radius 3 is 2.85 bits per heavy atom. The molecule has 0 aliphatic carbocycles. The maximum absolute atomic E-state index is 6.24. The molecule has 3 aromatic heterocycles. The number of pyridine rings is 2. The van der Waals surface area contributed by atoms with Gasteiger partial charge in [-0.15, -0.1) is 11.8 Å². The van der Waals surface area contributed by atoms with Gasteiger partial charge < -0.3 is 20.1 Å². The van der Waals surface area contributed by atoms with E-state index in [1.807, 2.05) is 31.3 Å². The molecule has 2 unspecified atom stereocenters. The minimum atomic E-state index is 0.428. The van der Waals surface area contributed by atoms with E-state index >= 15 is 0 Å². The Morgan fingerprint density at radius 1 is 1.21 bits per heavy atom. The summed E-state index contributed by atoms with van der Waals surface area (Å²) in [7, 11) is 1.70. The molecular formula is C23H28N6O2S2. The summed E-state index contributed by atoms with van der Waals surface area (Å²) in [5.74, 6) is 4.15. The fourth-order valence-electron chi connectivity index (χ4n) is 4.44. The van der Waals surface area contributed by atoms with Crippen LogP contribution in [-0.4, -0.2) is 50.9 Å². The lowest BCUT2D eigenvalue weighted by Gasteiger charge is -2.27. The number of fused-ring (bicyclic) bond motifs is 2. The van der Waals surface area contributed by atoms with Crippen LogP contribution in [-0.2, 0) is 4.74 Å². The Kier molecular flexibility index (Phi) is 7.05. The van der Waals surface area contributed by atoms with Gasteiger partial charge in [0, 0.05) is 59.7 Å². The van der Waals surface area contributed by atoms with Crippen molar-refractivity contribution in [3.8, 4) is 11.5 Å².